The first kappa shape index (κ1) is 12.8. The second kappa shape index (κ2) is 6.31. The predicted molar refractivity (Wildman–Crippen MR) is 75.6 cm³/mol. The molecule has 0 aliphatic carbocycles. The third-order valence-corrected chi connectivity index (χ3v) is 3.05. The maximum Gasteiger partial charge on any atom is 0.0754 e. The highest BCUT2D eigenvalue weighted by Crippen LogP contribution is 2.22. The quantitative estimate of drug-likeness (QED) is 0.865. The van der Waals surface area contributed by atoms with Crippen molar-refractivity contribution in [3.8, 4) is 0 Å². The van der Waals surface area contributed by atoms with Gasteiger partial charge in [0, 0.05) is 6.20 Å². The van der Waals surface area contributed by atoms with Gasteiger partial charge in [-0.3, -0.25) is 4.98 Å². The Kier molecular flexibility index (Phi) is 4.48. The highest BCUT2D eigenvalue weighted by Gasteiger charge is 2.15. The van der Waals surface area contributed by atoms with Crippen molar-refractivity contribution in [2.45, 2.75) is 26.3 Å². The highest BCUT2D eigenvalue weighted by atomic mass is 14.9. The maximum atomic E-state index is 4.55. The Labute approximate surface area is 109 Å². The van der Waals surface area contributed by atoms with Crippen LogP contribution < -0.4 is 5.32 Å². The number of aryl methyl sites for hydroxylation is 1. The molecule has 1 unspecified atom stereocenters. The molecule has 0 bridgehead atoms. The molecule has 0 fully saturated rings. The van der Waals surface area contributed by atoms with Gasteiger partial charge in [0.15, 0.2) is 0 Å². The lowest BCUT2D eigenvalue weighted by atomic mass is 10.00. The average Bonchev–Trinajstić information content (AvgIpc) is 2.42. The Morgan fingerprint density at radius 1 is 1.11 bits per heavy atom. The van der Waals surface area contributed by atoms with Crippen molar-refractivity contribution in [3.05, 3.63) is 65.5 Å². The van der Waals surface area contributed by atoms with Crippen molar-refractivity contribution >= 4 is 0 Å². The molecule has 94 valence electrons. The van der Waals surface area contributed by atoms with Gasteiger partial charge < -0.3 is 5.32 Å². The largest absolute Gasteiger partial charge is 0.305 e. The standard InChI is InChI=1S/C16H20N2/c1-3-11-17-16(14-9-5-4-6-10-14)15-13(2)8-7-12-18-15/h4-10,12,16-17H,3,11H2,1-2H3. The third-order valence-electron chi connectivity index (χ3n) is 3.05. The molecule has 0 aliphatic heterocycles. The van der Waals surface area contributed by atoms with E-state index in [1.165, 1.54) is 11.1 Å². The van der Waals surface area contributed by atoms with E-state index in [1.807, 2.05) is 18.3 Å². The van der Waals surface area contributed by atoms with Gasteiger partial charge in [-0.1, -0.05) is 43.3 Å². The van der Waals surface area contributed by atoms with Crippen molar-refractivity contribution in [3.63, 3.8) is 0 Å². The summed E-state index contributed by atoms with van der Waals surface area (Å²) in [7, 11) is 0. The van der Waals surface area contributed by atoms with Crippen molar-refractivity contribution in [1.82, 2.24) is 10.3 Å². The van der Waals surface area contributed by atoms with Crippen LogP contribution in [0.25, 0.3) is 0 Å². The molecule has 1 aromatic carbocycles. The molecule has 2 rings (SSSR count). The summed E-state index contributed by atoms with van der Waals surface area (Å²) in [5.74, 6) is 0. The fourth-order valence-corrected chi connectivity index (χ4v) is 2.11. The van der Waals surface area contributed by atoms with Crippen molar-refractivity contribution < 1.29 is 0 Å². The first-order valence-electron chi connectivity index (χ1n) is 6.52. The topological polar surface area (TPSA) is 24.9 Å². The van der Waals surface area contributed by atoms with Crippen LogP contribution >= 0.6 is 0 Å². The van der Waals surface area contributed by atoms with Crippen LogP contribution in [0.1, 0.15) is 36.2 Å². The van der Waals surface area contributed by atoms with E-state index in [9.17, 15) is 0 Å². The Bertz CT molecular complexity index is 479. The lowest BCUT2D eigenvalue weighted by Gasteiger charge is -2.20. The highest BCUT2D eigenvalue weighted by molar-refractivity contribution is 5.31. The van der Waals surface area contributed by atoms with E-state index in [0.29, 0.717) is 0 Å². The molecule has 0 spiro atoms. The first-order chi connectivity index (χ1) is 8.83. The molecule has 0 aliphatic rings. The van der Waals surface area contributed by atoms with Gasteiger partial charge in [0.05, 0.1) is 11.7 Å². The van der Waals surface area contributed by atoms with Crippen LogP contribution in [0, 0.1) is 6.92 Å². The van der Waals surface area contributed by atoms with Gasteiger partial charge >= 0.3 is 0 Å². The molecule has 0 saturated carbocycles. The predicted octanol–water partition coefficient (Wildman–Crippen LogP) is 3.48. The fourth-order valence-electron chi connectivity index (χ4n) is 2.11. The fraction of sp³-hybridized carbons (Fsp3) is 0.312. The van der Waals surface area contributed by atoms with Gasteiger partial charge in [-0.15, -0.1) is 0 Å². The number of rotatable bonds is 5. The van der Waals surface area contributed by atoms with E-state index in [4.69, 9.17) is 0 Å². The molecule has 0 saturated heterocycles. The minimum atomic E-state index is 0.187. The molecule has 1 atom stereocenters. The number of hydrogen-bond acceptors (Lipinski definition) is 2. The van der Waals surface area contributed by atoms with Crippen molar-refractivity contribution in [2.75, 3.05) is 6.54 Å². The van der Waals surface area contributed by atoms with E-state index < -0.39 is 0 Å². The number of pyridine rings is 1. The molecule has 0 radical (unpaired) electrons. The smallest absolute Gasteiger partial charge is 0.0754 e. The summed E-state index contributed by atoms with van der Waals surface area (Å²) in [4.78, 5) is 4.55. The molecule has 2 heteroatoms. The number of benzene rings is 1. The summed E-state index contributed by atoms with van der Waals surface area (Å²) in [6.45, 7) is 5.29. The molecule has 2 aromatic rings. The molecule has 18 heavy (non-hydrogen) atoms. The van der Waals surface area contributed by atoms with Gasteiger partial charge in [-0.05, 0) is 37.1 Å². The van der Waals surface area contributed by atoms with Crippen LogP contribution in [0.3, 0.4) is 0 Å². The Morgan fingerprint density at radius 3 is 2.56 bits per heavy atom. The zero-order valence-corrected chi connectivity index (χ0v) is 11.1. The zero-order chi connectivity index (χ0) is 12.8. The number of hydrogen-bond donors (Lipinski definition) is 1. The van der Waals surface area contributed by atoms with Gasteiger partial charge in [0.2, 0.25) is 0 Å². The van der Waals surface area contributed by atoms with Crippen LogP contribution in [0.4, 0.5) is 0 Å². The molecule has 1 aromatic heterocycles. The van der Waals surface area contributed by atoms with E-state index in [0.717, 1.165) is 18.7 Å². The van der Waals surface area contributed by atoms with Gasteiger partial charge in [-0.2, -0.15) is 0 Å². The van der Waals surface area contributed by atoms with E-state index in [-0.39, 0.29) is 6.04 Å². The van der Waals surface area contributed by atoms with Gasteiger partial charge in [0.25, 0.3) is 0 Å². The second-order valence-corrected chi connectivity index (χ2v) is 4.50. The number of nitrogens with zero attached hydrogens (tertiary/aromatic N) is 1. The molecular weight excluding hydrogens is 220 g/mol. The summed E-state index contributed by atoms with van der Waals surface area (Å²) in [6.07, 6.45) is 2.99. The monoisotopic (exact) mass is 240 g/mol. The summed E-state index contributed by atoms with van der Waals surface area (Å²) in [6, 6.07) is 14.8. The van der Waals surface area contributed by atoms with E-state index in [1.54, 1.807) is 0 Å². The van der Waals surface area contributed by atoms with Crippen LogP contribution in [0.15, 0.2) is 48.7 Å². The molecule has 0 amide bonds. The van der Waals surface area contributed by atoms with Crippen LogP contribution in [-0.4, -0.2) is 11.5 Å². The SMILES string of the molecule is CCCNC(c1ccccc1)c1ncccc1C. The van der Waals surface area contributed by atoms with Crippen molar-refractivity contribution in [1.29, 1.82) is 0 Å². The zero-order valence-electron chi connectivity index (χ0n) is 11.1. The lowest BCUT2D eigenvalue weighted by Crippen LogP contribution is -2.24. The van der Waals surface area contributed by atoms with E-state index >= 15 is 0 Å². The molecular formula is C16H20N2. The normalized spacial score (nSPS) is 12.3. The van der Waals surface area contributed by atoms with Gasteiger partial charge in [0.1, 0.15) is 0 Å². The second-order valence-electron chi connectivity index (χ2n) is 4.50. The average molecular weight is 240 g/mol. The summed E-state index contributed by atoms with van der Waals surface area (Å²) >= 11 is 0. The van der Waals surface area contributed by atoms with Crippen molar-refractivity contribution in [2.24, 2.45) is 0 Å². The minimum absolute atomic E-state index is 0.187. The number of aromatic nitrogens is 1. The molecule has 1 heterocycles. The number of nitrogens with one attached hydrogen (secondary N) is 1. The summed E-state index contributed by atoms with van der Waals surface area (Å²) in [5.41, 5.74) is 3.62. The Balaban J connectivity index is 2.34. The molecule has 1 N–H and O–H groups in total. The van der Waals surface area contributed by atoms with Crippen LogP contribution in [0.5, 0.6) is 0 Å². The Hall–Kier alpha value is -1.67. The maximum absolute atomic E-state index is 4.55. The minimum Gasteiger partial charge on any atom is -0.305 e. The summed E-state index contributed by atoms with van der Waals surface area (Å²) in [5, 5.41) is 3.58. The Morgan fingerprint density at radius 2 is 1.89 bits per heavy atom. The van der Waals surface area contributed by atoms with Crippen LogP contribution in [0.2, 0.25) is 0 Å². The first-order valence-corrected chi connectivity index (χ1v) is 6.52. The van der Waals surface area contributed by atoms with Crippen LogP contribution in [-0.2, 0) is 0 Å². The molecule has 2 nitrogen and oxygen atoms in total. The van der Waals surface area contributed by atoms with E-state index in [2.05, 4.69) is 54.5 Å². The van der Waals surface area contributed by atoms with Gasteiger partial charge in [-0.25, -0.2) is 0 Å². The summed E-state index contributed by atoms with van der Waals surface area (Å²) < 4.78 is 0. The lowest BCUT2D eigenvalue weighted by molar-refractivity contribution is 0.584. The third kappa shape index (κ3) is 2.96.